The van der Waals surface area contributed by atoms with E-state index in [1.807, 2.05) is 66.7 Å². The summed E-state index contributed by atoms with van der Waals surface area (Å²) in [6, 6.07) is 47.2. The van der Waals surface area contributed by atoms with E-state index in [9.17, 15) is 0 Å². The SMILES string of the molecule is Nc1ccccc1-c1cc(C(c2ccc(-c3ccccc3)cc2)c2ccc(N)c(-c3ccccc3N)c2)ccc1N. The fraction of sp³-hybridized carbons (Fsp3) is 0.0270. The van der Waals surface area contributed by atoms with Crippen molar-refractivity contribution in [3.05, 3.63) is 156 Å². The summed E-state index contributed by atoms with van der Waals surface area (Å²) in [6.07, 6.45) is 0. The Balaban J connectivity index is 1.53. The molecule has 0 aromatic heterocycles. The minimum atomic E-state index is -0.0894. The van der Waals surface area contributed by atoms with Gasteiger partial charge in [0.2, 0.25) is 0 Å². The molecule has 0 amide bonds. The molecule has 0 aliphatic heterocycles. The van der Waals surface area contributed by atoms with E-state index in [1.165, 1.54) is 11.1 Å². The van der Waals surface area contributed by atoms with Crippen LogP contribution >= 0.6 is 0 Å². The maximum atomic E-state index is 6.50. The molecular formula is C37H32N4. The van der Waals surface area contributed by atoms with Crippen LogP contribution in [0.1, 0.15) is 22.6 Å². The molecule has 0 aliphatic carbocycles. The highest BCUT2D eigenvalue weighted by molar-refractivity contribution is 5.86. The molecule has 0 fully saturated rings. The smallest absolute Gasteiger partial charge is 0.0394 e. The van der Waals surface area contributed by atoms with E-state index < -0.39 is 0 Å². The van der Waals surface area contributed by atoms with Gasteiger partial charge in [0.1, 0.15) is 0 Å². The highest BCUT2D eigenvalue weighted by atomic mass is 14.6. The highest BCUT2D eigenvalue weighted by Gasteiger charge is 2.21. The molecule has 4 heteroatoms. The first kappa shape index (κ1) is 25.8. The van der Waals surface area contributed by atoms with Crippen molar-refractivity contribution in [2.75, 3.05) is 22.9 Å². The molecule has 0 saturated heterocycles. The molecule has 41 heavy (non-hydrogen) atoms. The Labute approximate surface area is 240 Å². The monoisotopic (exact) mass is 532 g/mol. The fourth-order valence-corrected chi connectivity index (χ4v) is 5.53. The van der Waals surface area contributed by atoms with Crippen molar-refractivity contribution in [2.45, 2.75) is 5.92 Å². The molecule has 4 nitrogen and oxygen atoms in total. The number of anilines is 4. The van der Waals surface area contributed by atoms with Crippen LogP contribution in [0.4, 0.5) is 22.7 Å². The third-order valence-electron chi connectivity index (χ3n) is 7.67. The second-order valence-corrected chi connectivity index (χ2v) is 10.3. The molecule has 6 aromatic rings. The summed E-state index contributed by atoms with van der Waals surface area (Å²) in [5.41, 5.74) is 37.8. The lowest BCUT2D eigenvalue weighted by molar-refractivity contribution is 0.979. The topological polar surface area (TPSA) is 104 Å². The maximum absolute atomic E-state index is 6.50. The van der Waals surface area contributed by atoms with Gasteiger partial charge in [0.05, 0.1) is 0 Å². The molecule has 6 aromatic carbocycles. The molecule has 0 heterocycles. The van der Waals surface area contributed by atoms with E-state index in [-0.39, 0.29) is 5.92 Å². The van der Waals surface area contributed by atoms with E-state index in [0.717, 1.165) is 38.9 Å². The van der Waals surface area contributed by atoms with Crippen LogP contribution in [0.2, 0.25) is 0 Å². The van der Waals surface area contributed by atoms with Crippen LogP contribution in [-0.4, -0.2) is 0 Å². The van der Waals surface area contributed by atoms with Gasteiger partial charge in [-0.05, 0) is 64.2 Å². The van der Waals surface area contributed by atoms with Crippen molar-refractivity contribution in [1.82, 2.24) is 0 Å². The molecule has 0 spiro atoms. The van der Waals surface area contributed by atoms with E-state index in [0.29, 0.717) is 22.7 Å². The number of nitrogen functional groups attached to an aromatic ring is 4. The fourth-order valence-electron chi connectivity index (χ4n) is 5.53. The standard InChI is InChI=1S/C37H32N4/c38-33-12-6-4-10-29(33)31-22-27(18-20-35(31)40)37(26-16-14-25(15-17-26)24-8-2-1-3-9-24)28-19-21-36(41)32(23-28)30-11-5-7-13-34(30)39/h1-23,37H,38-41H2. The Morgan fingerprint density at radius 2 is 0.707 bits per heavy atom. The van der Waals surface area contributed by atoms with E-state index >= 15 is 0 Å². The largest absolute Gasteiger partial charge is 0.398 e. The lowest BCUT2D eigenvalue weighted by Crippen LogP contribution is -2.06. The molecule has 0 saturated carbocycles. The summed E-state index contributed by atoms with van der Waals surface area (Å²) in [7, 11) is 0. The Bertz CT molecular complexity index is 1730. The number of hydrogen-bond donors (Lipinski definition) is 4. The zero-order chi connectivity index (χ0) is 28.3. The second kappa shape index (κ2) is 10.9. The first-order chi connectivity index (χ1) is 20.0. The summed E-state index contributed by atoms with van der Waals surface area (Å²) >= 11 is 0. The quantitative estimate of drug-likeness (QED) is 0.128. The van der Waals surface area contributed by atoms with Crippen molar-refractivity contribution in [3.8, 4) is 33.4 Å². The number of rotatable bonds is 6. The highest BCUT2D eigenvalue weighted by Crippen LogP contribution is 2.41. The molecule has 0 radical (unpaired) electrons. The first-order valence-electron chi connectivity index (χ1n) is 13.6. The van der Waals surface area contributed by atoms with Gasteiger partial charge in [-0.2, -0.15) is 0 Å². The van der Waals surface area contributed by atoms with E-state index in [1.54, 1.807) is 0 Å². The average Bonchev–Trinajstić information content (AvgIpc) is 3.00. The van der Waals surface area contributed by atoms with Crippen LogP contribution in [0, 0.1) is 0 Å². The summed E-state index contributed by atoms with van der Waals surface area (Å²) in [6.45, 7) is 0. The normalized spacial score (nSPS) is 11.0. The average molecular weight is 533 g/mol. The van der Waals surface area contributed by atoms with Crippen molar-refractivity contribution in [2.24, 2.45) is 0 Å². The number of hydrogen-bond acceptors (Lipinski definition) is 4. The van der Waals surface area contributed by atoms with Crippen LogP contribution < -0.4 is 22.9 Å². The van der Waals surface area contributed by atoms with E-state index in [2.05, 4.69) is 72.8 Å². The Morgan fingerprint density at radius 1 is 0.317 bits per heavy atom. The zero-order valence-electron chi connectivity index (χ0n) is 22.7. The molecule has 6 rings (SSSR count). The number of nitrogens with two attached hydrogens (primary N) is 4. The third-order valence-corrected chi connectivity index (χ3v) is 7.67. The van der Waals surface area contributed by atoms with Crippen LogP contribution in [0.3, 0.4) is 0 Å². The van der Waals surface area contributed by atoms with Gasteiger partial charge in [-0.15, -0.1) is 0 Å². The van der Waals surface area contributed by atoms with Gasteiger partial charge < -0.3 is 22.9 Å². The molecule has 8 N–H and O–H groups in total. The maximum Gasteiger partial charge on any atom is 0.0394 e. The van der Waals surface area contributed by atoms with Crippen LogP contribution in [0.15, 0.2) is 140 Å². The predicted octanol–water partition coefficient (Wildman–Crippen LogP) is 8.20. The van der Waals surface area contributed by atoms with Gasteiger partial charge >= 0.3 is 0 Å². The summed E-state index contributed by atoms with van der Waals surface area (Å²) in [5.74, 6) is -0.0894. The van der Waals surface area contributed by atoms with Crippen molar-refractivity contribution in [1.29, 1.82) is 0 Å². The van der Waals surface area contributed by atoms with Crippen LogP contribution in [-0.2, 0) is 0 Å². The molecule has 0 aliphatic rings. The Hall–Kier alpha value is -5.48. The van der Waals surface area contributed by atoms with E-state index in [4.69, 9.17) is 22.9 Å². The van der Waals surface area contributed by atoms with Crippen molar-refractivity contribution < 1.29 is 0 Å². The molecule has 0 atom stereocenters. The van der Waals surface area contributed by atoms with Gasteiger partial charge in [0, 0.05) is 50.9 Å². The van der Waals surface area contributed by atoms with Gasteiger partial charge in [-0.25, -0.2) is 0 Å². The van der Waals surface area contributed by atoms with Crippen LogP contribution in [0.5, 0.6) is 0 Å². The minimum Gasteiger partial charge on any atom is -0.398 e. The second-order valence-electron chi connectivity index (χ2n) is 10.3. The summed E-state index contributed by atoms with van der Waals surface area (Å²) < 4.78 is 0. The summed E-state index contributed by atoms with van der Waals surface area (Å²) in [4.78, 5) is 0. The predicted molar refractivity (Wildman–Crippen MR) is 174 cm³/mol. The van der Waals surface area contributed by atoms with Gasteiger partial charge in [-0.3, -0.25) is 0 Å². The van der Waals surface area contributed by atoms with Crippen molar-refractivity contribution >= 4 is 22.7 Å². The Morgan fingerprint density at radius 3 is 1.20 bits per heavy atom. The van der Waals surface area contributed by atoms with Crippen LogP contribution in [0.25, 0.3) is 33.4 Å². The minimum absolute atomic E-state index is 0.0894. The first-order valence-corrected chi connectivity index (χ1v) is 13.6. The molecule has 0 unspecified atom stereocenters. The molecule has 200 valence electrons. The molecular weight excluding hydrogens is 500 g/mol. The lowest BCUT2D eigenvalue weighted by atomic mass is 9.82. The number of benzene rings is 6. The lowest BCUT2D eigenvalue weighted by Gasteiger charge is -2.23. The zero-order valence-corrected chi connectivity index (χ0v) is 22.7. The van der Waals surface area contributed by atoms with Gasteiger partial charge in [0.25, 0.3) is 0 Å². The van der Waals surface area contributed by atoms with Crippen molar-refractivity contribution in [3.63, 3.8) is 0 Å². The van der Waals surface area contributed by atoms with Gasteiger partial charge in [0.15, 0.2) is 0 Å². The third kappa shape index (κ3) is 5.11. The summed E-state index contributed by atoms with van der Waals surface area (Å²) in [5, 5.41) is 0. The Kier molecular flexibility index (Phi) is 6.88. The van der Waals surface area contributed by atoms with Gasteiger partial charge in [-0.1, -0.05) is 103 Å². The number of para-hydroxylation sites is 2. The molecule has 0 bridgehead atoms.